The highest BCUT2D eigenvalue weighted by Crippen LogP contribution is 2.12. The van der Waals surface area contributed by atoms with Gasteiger partial charge < -0.3 is 5.32 Å². The minimum absolute atomic E-state index is 0.966. The number of aryl methyl sites for hydroxylation is 1. The van der Waals surface area contributed by atoms with Crippen molar-refractivity contribution >= 4 is 20.2 Å². The topological polar surface area (TPSA) is 12.0 Å². The van der Waals surface area contributed by atoms with Crippen molar-refractivity contribution < 1.29 is 0 Å². The van der Waals surface area contributed by atoms with E-state index in [1.165, 1.54) is 10.9 Å². The van der Waals surface area contributed by atoms with E-state index in [4.69, 9.17) is 0 Å². The zero-order valence-electron chi connectivity index (χ0n) is 8.22. The minimum atomic E-state index is 0.966. The summed E-state index contributed by atoms with van der Waals surface area (Å²) in [5.74, 6) is 0. The molecule has 1 N–H and O–H groups in total. The molecular formula is C11H16NP. The highest BCUT2D eigenvalue weighted by Gasteiger charge is 1.98. The van der Waals surface area contributed by atoms with Crippen molar-refractivity contribution in [2.75, 3.05) is 5.32 Å². The van der Waals surface area contributed by atoms with Crippen LogP contribution in [0.3, 0.4) is 0 Å². The lowest BCUT2D eigenvalue weighted by atomic mass is 10.1. The molecule has 1 aromatic rings. The van der Waals surface area contributed by atoms with Crippen molar-refractivity contribution in [1.29, 1.82) is 0 Å². The van der Waals surface area contributed by atoms with Gasteiger partial charge in [0.15, 0.2) is 0 Å². The maximum absolute atomic E-state index is 3.81. The Morgan fingerprint density at radius 3 is 2.69 bits per heavy atom. The van der Waals surface area contributed by atoms with Crippen LogP contribution in [0.2, 0.25) is 0 Å². The molecule has 1 atom stereocenters. The molecule has 0 aliphatic rings. The van der Waals surface area contributed by atoms with Gasteiger partial charge in [-0.05, 0) is 36.3 Å². The Bertz CT molecular complexity index is 318. The number of nitrogens with one attached hydrogen (secondary N) is 1. The van der Waals surface area contributed by atoms with Crippen molar-refractivity contribution in [2.24, 2.45) is 0 Å². The fraction of sp³-hybridized carbons (Fsp3) is 0.273. The van der Waals surface area contributed by atoms with E-state index in [0.29, 0.717) is 0 Å². The number of rotatable bonds is 3. The molecule has 2 heteroatoms. The van der Waals surface area contributed by atoms with Crippen molar-refractivity contribution in [3.05, 3.63) is 36.0 Å². The molecule has 0 aliphatic heterocycles. The van der Waals surface area contributed by atoms with Gasteiger partial charge in [0.25, 0.3) is 0 Å². The van der Waals surface area contributed by atoms with Crippen LogP contribution in [-0.4, -0.2) is 0 Å². The van der Waals surface area contributed by atoms with Crippen molar-refractivity contribution in [3.63, 3.8) is 0 Å². The lowest BCUT2D eigenvalue weighted by Gasteiger charge is -2.09. The fourth-order valence-electron chi connectivity index (χ4n) is 1.18. The van der Waals surface area contributed by atoms with E-state index in [9.17, 15) is 0 Å². The highest BCUT2D eigenvalue weighted by molar-refractivity contribution is 7.28. The summed E-state index contributed by atoms with van der Waals surface area (Å²) in [5.41, 5.74) is 3.44. The molecule has 0 amide bonds. The molecule has 0 fully saturated rings. The quantitative estimate of drug-likeness (QED) is 0.728. The Hall–Kier alpha value is -0.810. The number of benzene rings is 1. The standard InChI is InChI=1S/C11H16NP/c1-4-9-5-6-10(11(13)7-9)12-8(2)3/h5-7,12H,2,4,13H2,1,3H3. The van der Waals surface area contributed by atoms with E-state index >= 15 is 0 Å². The molecule has 0 radical (unpaired) electrons. The minimum Gasteiger partial charge on any atom is -0.359 e. The summed E-state index contributed by atoms with van der Waals surface area (Å²) >= 11 is 0. The SMILES string of the molecule is C=C(C)Nc1ccc(CC)cc1P. The van der Waals surface area contributed by atoms with Crippen LogP contribution in [0.4, 0.5) is 5.69 Å². The predicted octanol–water partition coefficient (Wildman–Crippen LogP) is 2.69. The normalized spacial score (nSPS) is 9.77. The van der Waals surface area contributed by atoms with Crippen molar-refractivity contribution in [1.82, 2.24) is 0 Å². The number of hydrogen-bond donors (Lipinski definition) is 1. The molecule has 0 heterocycles. The van der Waals surface area contributed by atoms with Crippen LogP contribution < -0.4 is 10.6 Å². The Morgan fingerprint density at radius 2 is 2.23 bits per heavy atom. The van der Waals surface area contributed by atoms with Crippen LogP contribution in [0.5, 0.6) is 0 Å². The molecule has 1 nitrogen and oxygen atoms in total. The van der Waals surface area contributed by atoms with E-state index in [0.717, 1.165) is 17.8 Å². The molecule has 1 aromatic carbocycles. The lowest BCUT2D eigenvalue weighted by molar-refractivity contribution is 1.14. The Balaban J connectivity index is 2.91. The zero-order valence-corrected chi connectivity index (χ0v) is 9.38. The van der Waals surface area contributed by atoms with E-state index < -0.39 is 0 Å². The summed E-state index contributed by atoms with van der Waals surface area (Å²) in [5, 5.41) is 4.41. The van der Waals surface area contributed by atoms with Crippen LogP contribution in [0, 0.1) is 0 Å². The Labute approximate surface area is 82.4 Å². The first kappa shape index (κ1) is 10.3. The maximum Gasteiger partial charge on any atom is 0.0454 e. The molecule has 13 heavy (non-hydrogen) atoms. The maximum atomic E-state index is 3.81. The third-order valence-corrected chi connectivity index (χ3v) is 2.35. The van der Waals surface area contributed by atoms with Gasteiger partial charge in [-0.15, -0.1) is 9.24 Å². The van der Waals surface area contributed by atoms with E-state index in [1.54, 1.807) is 0 Å². The average molecular weight is 193 g/mol. The summed E-state index contributed by atoms with van der Waals surface area (Å²) in [4.78, 5) is 0. The third kappa shape index (κ3) is 2.86. The summed E-state index contributed by atoms with van der Waals surface area (Å²) in [6, 6.07) is 6.41. The number of hydrogen-bond acceptors (Lipinski definition) is 1. The second-order valence-corrected chi connectivity index (χ2v) is 3.80. The van der Waals surface area contributed by atoms with Gasteiger partial charge in [-0.25, -0.2) is 0 Å². The summed E-state index contributed by atoms with van der Waals surface area (Å²) < 4.78 is 0. The van der Waals surface area contributed by atoms with Crippen LogP contribution in [-0.2, 0) is 6.42 Å². The van der Waals surface area contributed by atoms with Gasteiger partial charge in [0.2, 0.25) is 0 Å². The third-order valence-electron chi connectivity index (χ3n) is 1.87. The molecule has 0 aliphatic carbocycles. The van der Waals surface area contributed by atoms with Crippen LogP contribution in [0.1, 0.15) is 19.4 Å². The summed E-state index contributed by atoms with van der Waals surface area (Å²) in [6.45, 7) is 7.93. The van der Waals surface area contributed by atoms with E-state index in [-0.39, 0.29) is 0 Å². The molecule has 0 bridgehead atoms. The van der Waals surface area contributed by atoms with Crippen molar-refractivity contribution in [2.45, 2.75) is 20.3 Å². The largest absolute Gasteiger partial charge is 0.359 e. The number of anilines is 1. The van der Waals surface area contributed by atoms with Gasteiger partial charge in [0, 0.05) is 11.4 Å². The summed E-state index contributed by atoms with van der Waals surface area (Å²) in [6.07, 6.45) is 1.08. The molecule has 0 spiro atoms. The molecule has 70 valence electrons. The second-order valence-electron chi connectivity index (χ2n) is 3.18. The van der Waals surface area contributed by atoms with Crippen LogP contribution >= 0.6 is 9.24 Å². The zero-order chi connectivity index (χ0) is 9.84. The molecule has 0 aromatic heterocycles. The van der Waals surface area contributed by atoms with Crippen LogP contribution in [0.25, 0.3) is 0 Å². The smallest absolute Gasteiger partial charge is 0.0454 e. The Kier molecular flexibility index (Phi) is 3.50. The van der Waals surface area contributed by atoms with Gasteiger partial charge >= 0.3 is 0 Å². The first-order valence-electron chi connectivity index (χ1n) is 4.44. The van der Waals surface area contributed by atoms with Gasteiger partial charge in [-0.2, -0.15) is 0 Å². The fourth-order valence-corrected chi connectivity index (χ4v) is 1.56. The molecule has 1 rings (SSSR count). The van der Waals surface area contributed by atoms with Gasteiger partial charge in [-0.1, -0.05) is 19.6 Å². The molecule has 1 unspecified atom stereocenters. The van der Waals surface area contributed by atoms with Gasteiger partial charge in [-0.3, -0.25) is 0 Å². The average Bonchev–Trinajstić information content (AvgIpc) is 2.08. The summed E-state index contributed by atoms with van der Waals surface area (Å²) in [7, 11) is 2.74. The van der Waals surface area contributed by atoms with Gasteiger partial charge in [0.1, 0.15) is 0 Å². The predicted molar refractivity (Wildman–Crippen MR) is 63.6 cm³/mol. The first-order chi connectivity index (χ1) is 6.13. The number of allylic oxidation sites excluding steroid dienone is 1. The molecular weight excluding hydrogens is 177 g/mol. The molecule has 0 saturated carbocycles. The first-order valence-corrected chi connectivity index (χ1v) is 5.02. The monoisotopic (exact) mass is 193 g/mol. The van der Waals surface area contributed by atoms with Crippen molar-refractivity contribution in [3.8, 4) is 0 Å². The highest BCUT2D eigenvalue weighted by atomic mass is 31.0. The van der Waals surface area contributed by atoms with Crippen LogP contribution in [0.15, 0.2) is 30.5 Å². The van der Waals surface area contributed by atoms with E-state index in [2.05, 4.69) is 46.3 Å². The van der Waals surface area contributed by atoms with E-state index in [1.807, 2.05) is 6.92 Å². The Morgan fingerprint density at radius 1 is 1.54 bits per heavy atom. The second kappa shape index (κ2) is 4.43. The van der Waals surface area contributed by atoms with Gasteiger partial charge in [0.05, 0.1) is 0 Å². The molecule has 0 saturated heterocycles. The lowest BCUT2D eigenvalue weighted by Crippen LogP contribution is -2.04.